The average molecular weight is 506 g/mol. The zero-order chi connectivity index (χ0) is 25.7. The standard InChI is InChI=1S/C30H36FN3O3/c1-23-26(20-32-37-23)29(35)34-16-14-30(15-17-34)13-7-6-9-24-8-3-5-12-28(24)36-19-18-33(22-30)21-25-10-2-4-11-27(25)31/h2-5,8,10-12,20H,6-7,9,13-19,21-22H2,1H3. The lowest BCUT2D eigenvalue weighted by atomic mass is 9.73. The van der Waals surface area contributed by atoms with Crippen LogP contribution in [0, 0.1) is 18.2 Å². The van der Waals surface area contributed by atoms with Gasteiger partial charge in [-0.1, -0.05) is 48.0 Å². The fraction of sp³-hybridized carbons (Fsp3) is 0.467. The van der Waals surface area contributed by atoms with Gasteiger partial charge in [0, 0.05) is 38.3 Å². The summed E-state index contributed by atoms with van der Waals surface area (Å²) in [5.74, 6) is 1.35. The molecule has 1 aromatic heterocycles. The molecule has 0 unspecified atom stereocenters. The van der Waals surface area contributed by atoms with E-state index in [-0.39, 0.29) is 17.1 Å². The predicted molar refractivity (Wildman–Crippen MR) is 140 cm³/mol. The number of nitrogens with zero attached hydrogens (tertiary/aromatic N) is 3. The Balaban J connectivity index is 1.34. The van der Waals surface area contributed by atoms with E-state index < -0.39 is 0 Å². The summed E-state index contributed by atoms with van der Waals surface area (Å²) >= 11 is 0. The molecule has 37 heavy (non-hydrogen) atoms. The highest BCUT2D eigenvalue weighted by molar-refractivity contribution is 5.94. The number of likely N-dealkylation sites (tertiary alicyclic amines) is 1. The lowest BCUT2D eigenvalue weighted by molar-refractivity contribution is 0.0358. The summed E-state index contributed by atoms with van der Waals surface area (Å²) in [5, 5.41) is 3.78. The second-order valence-corrected chi connectivity index (χ2v) is 10.6. The molecule has 1 spiro atoms. The van der Waals surface area contributed by atoms with Crippen molar-refractivity contribution in [2.45, 2.75) is 52.0 Å². The molecule has 1 fully saturated rings. The molecule has 0 atom stereocenters. The molecule has 0 aliphatic carbocycles. The molecule has 0 bridgehead atoms. The lowest BCUT2D eigenvalue weighted by Gasteiger charge is -2.45. The van der Waals surface area contributed by atoms with Gasteiger partial charge in [0.25, 0.3) is 5.91 Å². The number of carbonyl (C=O) groups excluding carboxylic acids is 1. The molecule has 0 saturated carbocycles. The zero-order valence-corrected chi connectivity index (χ0v) is 21.6. The van der Waals surface area contributed by atoms with E-state index in [1.807, 2.05) is 29.2 Å². The third kappa shape index (κ3) is 6.04. The number of piperidine rings is 1. The van der Waals surface area contributed by atoms with Crippen LogP contribution in [-0.4, -0.2) is 53.6 Å². The fourth-order valence-corrected chi connectivity index (χ4v) is 5.85. The van der Waals surface area contributed by atoms with Gasteiger partial charge in [-0.25, -0.2) is 4.39 Å². The molecule has 5 rings (SSSR count). The second kappa shape index (κ2) is 11.5. The summed E-state index contributed by atoms with van der Waals surface area (Å²) in [7, 11) is 0. The van der Waals surface area contributed by atoms with Crippen LogP contribution >= 0.6 is 0 Å². The Labute approximate surface area is 218 Å². The molecule has 1 saturated heterocycles. The molecule has 1 amide bonds. The highest BCUT2D eigenvalue weighted by Crippen LogP contribution is 2.39. The van der Waals surface area contributed by atoms with Gasteiger partial charge in [0.05, 0.1) is 6.20 Å². The van der Waals surface area contributed by atoms with Gasteiger partial charge in [0.2, 0.25) is 0 Å². The Hall–Kier alpha value is -3.19. The van der Waals surface area contributed by atoms with Crippen molar-refractivity contribution in [3.63, 3.8) is 0 Å². The van der Waals surface area contributed by atoms with Gasteiger partial charge >= 0.3 is 0 Å². The average Bonchev–Trinajstić information content (AvgIpc) is 3.34. The summed E-state index contributed by atoms with van der Waals surface area (Å²) in [6.07, 6.45) is 7.67. The van der Waals surface area contributed by atoms with Crippen molar-refractivity contribution in [3.8, 4) is 5.75 Å². The largest absolute Gasteiger partial charge is 0.492 e. The number of benzene rings is 2. The maximum atomic E-state index is 14.6. The number of aromatic nitrogens is 1. The first kappa shape index (κ1) is 25.5. The number of ether oxygens (including phenoxy) is 1. The third-order valence-corrected chi connectivity index (χ3v) is 8.04. The Bertz CT molecular complexity index is 1200. The van der Waals surface area contributed by atoms with Crippen LogP contribution in [0.2, 0.25) is 0 Å². The summed E-state index contributed by atoms with van der Waals surface area (Å²) in [6.45, 7) is 5.86. The smallest absolute Gasteiger partial charge is 0.259 e. The van der Waals surface area contributed by atoms with Crippen LogP contribution in [0.3, 0.4) is 0 Å². The van der Waals surface area contributed by atoms with Crippen molar-refractivity contribution in [2.75, 3.05) is 32.8 Å². The molecule has 0 N–H and O–H groups in total. The van der Waals surface area contributed by atoms with Gasteiger partial charge in [-0.2, -0.15) is 0 Å². The normalized spacial score (nSPS) is 18.9. The van der Waals surface area contributed by atoms with E-state index in [1.165, 1.54) is 17.8 Å². The molecule has 3 heterocycles. The van der Waals surface area contributed by atoms with Crippen LogP contribution in [0.15, 0.2) is 59.3 Å². The number of carbonyl (C=O) groups is 1. The minimum absolute atomic E-state index is 0.00465. The third-order valence-electron chi connectivity index (χ3n) is 8.04. The predicted octanol–water partition coefficient (Wildman–Crippen LogP) is 5.65. The van der Waals surface area contributed by atoms with E-state index in [0.29, 0.717) is 49.7 Å². The Morgan fingerprint density at radius 3 is 2.59 bits per heavy atom. The molecule has 0 radical (unpaired) electrons. The van der Waals surface area contributed by atoms with Crippen LogP contribution in [0.5, 0.6) is 5.75 Å². The van der Waals surface area contributed by atoms with Gasteiger partial charge in [-0.05, 0) is 62.1 Å². The molecule has 2 aliphatic rings. The molecule has 6 nitrogen and oxygen atoms in total. The van der Waals surface area contributed by atoms with E-state index in [9.17, 15) is 9.18 Å². The van der Waals surface area contributed by atoms with Crippen molar-refractivity contribution < 1.29 is 18.4 Å². The molecule has 196 valence electrons. The van der Waals surface area contributed by atoms with Crippen molar-refractivity contribution in [2.24, 2.45) is 5.41 Å². The first-order valence-electron chi connectivity index (χ1n) is 13.4. The van der Waals surface area contributed by atoms with Gasteiger partial charge in [0.1, 0.15) is 29.5 Å². The lowest BCUT2D eigenvalue weighted by Crippen LogP contribution is -2.48. The number of rotatable bonds is 3. The number of halogens is 1. The highest BCUT2D eigenvalue weighted by atomic mass is 19.1. The second-order valence-electron chi connectivity index (χ2n) is 10.6. The van der Waals surface area contributed by atoms with Gasteiger partial charge in [-0.15, -0.1) is 0 Å². The molecule has 2 aromatic carbocycles. The van der Waals surface area contributed by atoms with Crippen LogP contribution in [0.1, 0.15) is 59.3 Å². The first-order valence-corrected chi connectivity index (χ1v) is 13.4. The van der Waals surface area contributed by atoms with E-state index >= 15 is 0 Å². The van der Waals surface area contributed by atoms with Gasteiger partial charge in [0.15, 0.2) is 0 Å². The van der Waals surface area contributed by atoms with Crippen LogP contribution in [-0.2, 0) is 13.0 Å². The quantitative estimate of drug-likeness (QED) is 0.460. The monoisotopic (exact) mass is 505 g/mol. The number of fused-ring (bicyclic) bond motifs is 1. The van der Waals surface area contributed by atoms with Crippen LogP contribution in [0.25, 0.3) is 0 Å². The number of hydrogen-bond donors (Lipinski definition) is 0. The number of aryl methyl sites for hydroxylation is 2. The number of para-hydroxylation sites is 1. The minimum atomic E-state index is -0.168. The Kier molecular flexibility index (Phi) is 7.89. The SMILES string of the molecule is Cc1oncc1C(=O)N1CCC2(CCCCc3ccccc3OCCN(Cc3ccccc3F)C2)CC1. The van der Waals surface area contributed by atoms with Crippen LogP contribution < -0.4 is 4.74 Å². The van der Waals surface area contributed by atoms with Crippen molar-refractivity contribution in [3.05, 3.63) is 83.0 Å². The van der Waals surface area contributed by atoms with E-state index in [1.54, 1.807) is 13.0 Å². The van der Waals surface area contributed by atoms with Crippen LogP contribution in [0.4, 0.5) is 4.39 Å². The van der Waals surface area contributed by atoms with E-state index in [0.717, 1.165) is 50.8 Å². The van der Waals surface area contributed by atoms with Gasteiger partial charge in [-0.3, -0.25) is 9.69 Å². The Morgan fingerprint density at radius 1 is 1.03 bits per heavy atom. The number of hydrogen-bond acceptors (Lipinski definition) is 5. The maximum Gasteiger partial charge on any atom is 0.259 e. The summed E-state index contributed by atoms with van der Waals surface area (Å²) in [6, 6.07) is 15.3. The van der Waals surface area contributed by atoms with E-state index in [2.05, 4.69) is 22.2 Å². The Morgan fingerprint density at radius 2 is 1.81 bits per heavy atom. The van der Waals surface area contributed by atoms with Crippen molar-refractivity contribution >= 4 is 5.91 Å². The fourth-order valence-electron chi connectivity index (χ4n) is 5.85. The molecule has 7 heteroatoms. The first-order chi connectivity index (χ1) is 18.0. The topological polar surface area (TPSA) is 58.8 Å². The molecular formula is C30H36FN3O3. The summed E-state index contributed by atoms with van der Waals surface area (Å²) in [4.78, 5) is 17.4. The summed E-state index contributed by atoms with van der Waals surface area (Å²) < 4.78 is 26.0. The zero-order valence-electron chi connectivity index (χ0n) is 21.6. The van der Waals surface area contributed by atoms with Crippen molar-refractivity contribution in [1.29, 1.82) is 0 Å². The van der Waals surface area contributed by atoms with E-state index in [4.69, 9.17) is 9.26 Å². The molecular weight excluding hydrogens is 469 g/mol. The highest BCUT2D eigenvalue weighted by Gasteiger charge is 2.38. The number of amides is 1. The molecule has 2 aliphatic heterocycles. The summed E-state index contributed by atoms with van der Waals surface area (Å²) in [5.41, 5.74) is 2.58. The van der Waals surface area contributed by atoms with Gasteiger partial charge < -0.3 is 14.2 Å². The van der Waals surface area contributed by atoms with Crippen molar-refractivity contribution in [1.82, 2.24) is 15.0 Å². The maximum absolute atomic E-state index is 14.6. The molecule has 3 aromatic rings. The minimum Gasteiger partial charge on any atom is -0.492 e.